The Morgan fingerprint density at radius 3 is 0.937 bits per heavy atom. The fraction of sp³-hybridized carbons (Fsp3) is 0.807. The summed E-state index contributed by atoms with van der Waals surface area (Å²) in [6, 6.07) is 0. The summed E-state index contributed by atoms with van der Waals surface area (Å²) in [5.41, 5.74) is 0. The summed E-state index contributed by atoms with van der Waals surface area (Å²) in [4.78, 5) is 38.0. The van der Waals surface area contributed by atoms with Gasteiger partial charge in [-0.2, -0.15) is 0 Å². The monoisotopic (exact) mass is 883 g/mol. The summed E-state index contributed by atoms with van der Waals surface area (Å²) in [5.74, 6) is -0.899. The van der Waals surface area contributed by atoms with Crippen LogP contribution in [0.25, 0.3) is 0 Å². The molecule has 0 aromatic rings. The maximum atomic E-state index is 12.8. The number of hydrogen-bond donors (Lipinski definition) is 0. The second-order valence-corrected chi connectivity index (χ2v) is 18.1. The normalized spacial score (nSPS) is 12.4. The highest BCUT2D eigenvalue weighted by atomic mass is 16.6. The van der Waals surface area contributed by atoms with E-state index in [4.69, 9.17) is 14.2 Å². The van der Waals surface area contributed by atoms with Crippen LogP contribution in [-0.4, -0.2) is 37.2 Å². The first-order chi connectivity index (χ1) is 31.0. The van der Waals surface area contributed by atoms with Gasteiger partial charge in [0.2, 0.25) is 0 Å². The van der Waals surface area contributed by atoms with Crippen LogP contribution in [0.5, 0.6) is 0 Å². The van der Waals surface area contributed by atoms with Crippen molar-refractivity contribution in [2.75, 3.05) is 13.2 Å². The maximum Gasteiger partial charge on any atom is 0.306 e. The van der Waals surface area contributed by atoms with E-state index in [1.165, 1.54) is 148 Å². The second kappa shape index (κ2) is 52.0. The zero-order chi connectivity index (χ0) is 45.8. The molecule has 0 aliphatic heterocycles. The van der Waals surface area contributed by atoms with E-state index in [2.05, 4.69) is 69.4 Å². The van der Waals surface area contributed by atoms with Crippen LogP contribution in [0, 0.1) is 0 Å². The molecule has 366 valence electrons. The smallest absolute Gasteiger partial charge is 0.306 e. The van der Waals surface area contributed by atoms with Crippen molar-refractivity contribution in [3.8, 4) is 0 Å². The van der Waals surface area contributed by atoms with Crippen LogP contribution in [-0.2, 0) is 28.6 Å². The van der Waals surface area contributed by atoms with Crippen molar-refractivity contribution < 1.29 is 28.6 Å². The molecule has 0 saturated heterocycles. The minimum atomic E-state index is -0.782. The summed E-state index contributed by atoms with van der Waals surface area (Å²) in [7, 11) is 0. The van der Waals surface area contributed by atoms with Crippen molar-refractivity contribution in [2.24, 2.45) is 0 Å². The van der Waals surface area contributed by atoms with Gasteiger partial charge in [-0.3, -0.25) is 14.4 Å². The average molecular weight is 883 g/mol. The number of carbonyl (C=O) groups is 3. The lowest BCUT2D eigenvalue weighted by atomic mass is 10.1. The molecule has 0 aliphatic rings. The van der Waals surface area contributed by atoms with Gasteiger partial charge in [0, 0.05) is 19.3 Å². The third-order valence-electron chi connectivity index (χ3n) is 11.8. The number of esters is 3. The molecule has 6 heteroatoms. The van der Waals surface area contributed by atoms with E-state index in [-0.39, 0.29) is 31.1 Å². The van der Waals surface area contributed by atoms with E-state index in [1.54, 1.807) is 0 Å². The van der Waals surface area contributed by atoms with E-state index >= 15 is 0 Å². The third-order valence-corrected chi connectivity index (χ3v) is 11.8. The Hall–Kier alpha value is -2.63. The maximum absolute atomic E-state index is 12.8. The number of ether oxygens (including phenoxy) is 3. The first-order valence-corrected chi connectivity index (χ1v) is 27.1. The molecular formula is C57H102O6. The van der Waals surface area contributed by atoms with Gasteiger partial charge in [0.25, 0.3) is 0 Å². The van der Waals surface area contributed by atoms with Crippen LogP contribution < -0.4 is 0 Å². The quantitative estimate of drug-likeness (QED) is 0.0262. The van der Waals surface area contributed by atoms with Crippen LogP contribution >= 0.6 is 0 Å². The Morgan fingerprint density at radius 2 is 0.571 bits per heavy atom. The second-order valence-electron chi connectivity index (χ2n) is 18.1. The van der Waals surface area contributed by atoms with Gasteiger partial charge < -0.3 is 14.2 Å². The van der Waals surface area contributed by atoms with Gasteiger partial charge in [-0.25, -0.2) is 0 Å². The zero-order valence-corrected chi connectivity index (χ0v) is 41.8. The highest BCUT2D eigenvalue weighted by molar-refractivity contribution is 5.71. The highest BCUT2D eigenvalue weighted by Crippen LogP contribution is 2.14. The fourth-order valence-corrected chi connectivity index (χ4v) is 7.64. The molecule has 0 spiro atoms. The molecule has 0 saturated carbocycles. The van der Waals surface area contributed by atoms with Crippen LogP contribution in [0.15, 0.2) is 48.6 Å². The average Bonchev–Trinajstić information content (AvgIpc) is 3.28. The van der Waals surface area contributed by atoms with Gasteiger partial charge in [-0.15, -0.1) is 0 Å². The Morgan fingerprint density at radius 1 is 0.317 bits per heavy atom. The van der Waals surface area contributed by atoms with Gasteiger partial charge in [0.15, 0.2) is 6.10 Å². The lowest BCUT2D eigenvalue weighted by Crippen LogP contribution is -2.30. The van der Waals surface area contributed by atoms with E-state index in [0.29, 0.717) is 19.3 Å². The summed E-state index contributed by atoms with van der Waals surface area (Å²) in [6.07, 6.45) is 62.3. The largest absolute Gasteiger partial charge is 0.462 e. The topological polar surface area (TPSA) is 78.9 Å². The lowest BCUT2D eigenvalue weighted by Gasteiger charge is -2.18. The van der Waals surface area contributed by atoms with Crippen LogP contribution in [0.3, 0.4) is 0 Å². The first-order valence-electron chi connectivity index (χ1n) is 27.1. The summed E-state index contributed by atoms with van der Waals surface area (Å²) in [6.45, 7) is 6.59. The van der Waals surface area contributed by atoms with Crippen molar-refractivity contribution >= 4 is 17.9 Å². The van der Waals surface area contributed by atoms with Crippen LogP contribution in [0.1, 0.15) is 278 Å². The van der Waals surface area contributed by atoms with Crippen LogP contribution in [0.2, 0.25) is 0 Å². The molecule has 1 unspecified atom stereocenters. The highest BCUT2D eigenvalue weighted by Gasteiger charge is 2.19. The number of unbranched alkanes of at least 4 members (excludes halogenated alkanes) is 30. The van der Waals surface area contributed by atoms with Crippen molar-refractivity contribution in [2.45, 2.75) is 284 Å². The number of carbonyl (C=O) groups excluding carboxylic acids is 3. The Balaban J connectivity index is 4.38. The number of hydrogen-bond acceptors (Lipinski definition) is 6. The minimum Gasteiger partial charge on any atom is -0.462 e. The number of rotatable bonds is 49. The summed E-state index contributed by atoms with van der Waals surface area (Å²) < 4.78 is 16.8. The van der Waals surface area contributed by atoms with Crippen LogP contribution in [0.4, 0.5) is 0 Å². The SMILES string of the molecule is CCCCC/C=C\CCCCCCCC(=O)OCC(COC(=O)CCCCCCCCC/C=C\C/C=C\CCCCCC)OC(=O)CCCCCCC/C=C\CCCCCCCC. The molecule has 0 heterocycles. The molecular weight excluding hydrogens is 781 g/mol. The van der Waals surface area contributed by atoms with Crippen molar-refractivity contribution in [3.05, 3.63) is 48.6 Å². The van der Waals surface area contributed by atoms with Gasteiger partial charge >= 0.3 is 17.9 Å². The first kappa shape index (κ1) is 60.4. The van der Waals surface area contributed by atoms with Crippen molar-refractivity contribution in [3.63, 3.8) is 0 Å². The minimum absolute atomic E-state index is 0.0823. The van der Waals surface area contributed by atoms with Gasteiger partial charge in [0.05, 0.1) is 0 Å². The Labute approximate surface area is 390 Å². The van der Waals surface area contributed by atoms with Crippen molar-refractivity contribution in [1.82, 2.24) is 0 Å². The molecule has 6 nitrogen and oxygen atoms in total. The van der Waals surface area contributed by atoms with Gasteiger partial charge in [-0.05, 0) is 103 Å². The van der Waals surface area contributed by atoms with Gasteiger partial charge in [0.1, 0.15) is 13.2 Å². The molecule has 1 atom stereocenters. The summed E-state index contributed by atoms with van der Waals surface area (Å²) in [5, 5.41) is 0. The molecule has 63 heavy (non-hydrogen) atoms. The molecule has 0 aromatic heterocycles. The molecule has 0 rings (SSSR count). The van der Waals surface area contributed by atoms with E-state index in [1.807, 2.05) is 0 Å². The third kappa shape index (κ3) is 50.2. The standard InChI is InChI=1S/C57H102O6/c1-4-7-10-13-16-19-22-25-27-28-29-31-32-35-38-41-44-47-50-56(59)62-53-54(52-61-55(58)49-46-43-40-37-34-24-21-18-15-12-9-6-3)63-57(60)51-48-45-42-39-36-33-30-26-23-20-17-14-11-8-5-2/h18-19,21-22,26-28,30,54H,4-17,20,23-25,29,31-53H2,1-3H3/b21-18-,22-19-,28-27-,30-26-. The molecule has 0 amide bonds. The predicted octanol–water partition coefficient (Wildman–Crippen LogP) is 17.9. The molecule has 0 N–H and O–H groups in total. The number of allylic oxidation sites excluding steroid dienone is 8. The lowest BCUT2D eigenvalue weighted by molar-refractivity contribution is -0.167. The Bertz CT molecular complexity index is 1110. The molecule has 0 aromatic carbocycles. The van der Waals surface area contributed by atoms with Gasteiger partial charge in [-0.1, -0.05) is 204 Å². The summed E-state index contributed by atoms with van der Waals surface area (Å²) >= 11 is 0. The molecule has 0 fully saturated rings. The van der Waals surface area contributed by atoms with E-state index in [9.17, 15) is 14.4 Å². The molecule has 0 bridgehead atoms. The Kier molecular flexibility index (Phi) is 49.8. The fourth-order valence-electron chi connectivity index (χ4n) is 7.64. The zero-order valence-electron chi connectivity index (χ0n) is 41.8. The molecule has 0 aliphatic carbocycles. The van der Waals surface area contributed by atoms with Crippen molar-refractivity contribution in [1.29, 1.82) is 0 Å². The predicted molar refractivity (Wildman–Crippen MR) is 270 cm³/mol. The molecule has 0 radical (unpaired) electrons. The van der Waals surface area contributed by atoms with E-state index < -0.39 is 6.10 Å². The van der Waals surface area contributed by atoms with E-state index in [0.717, 1.165) is 89.9 Å².